The minimum atomic E-state index is -4.90. The van der Waals surface area contributed by atoms with Gasteiger partial charge in [0, 0.05) is 43.4 Å². The van der Waals surface area contributed by atoms with Gasteiger partial charge < -0.3 is 18.9 Å². The number of hydrogen-bond acceptors (Lipinski definition) is 8. The number of rotatable bonds is 10. The van der Waals surface area contributed by atoms with Crippen LogP contribution >= 0.6 is 0 Å². The van der Waals surface area contributed by atoms with Gasteiger partial charge in [-0.1, -0.05) is 12.1 Å². The molecule has 0 saturated carbocycles. The number of halogens is 4. The van der Waals surface area contributed by atoms with Crippen molar-refractivity contribution < 1.29 is 44.9 Å². The molecular weight excluding hydrogens is 594 g/mol. The third-order valence-corrected chi connectivity index (χ3v) is 8.08. The van der Waals surface area contributed by atoms with Crippen molar-refractivity contribution in [3.05, 3.63) is 78.2 Å². The molecule has 0 unspecified atom stereocenters. The van der Waals surface area contributed by atoms with Crippen LogP contribution < -0.4 is 18.9 Å². The molecule has 0 aliphatic carbocycles. The molecule has 228 valence electrons. The average molecular weight is 622 g/mol. The van der Waals surface area contributed by atoms with Crippen LogP contribution in [0.25, 0.3) is 10.9 Å². The van der Waals surface area contributed by atoms with E-state index >= 15 is 4.39 Å². The predicted molar refractivity (Wildman–Crippen MR) is 150 cm³/mol. The highest BCUT2D eigenvalue weighted by atomic mass is 32.2. The molecule has 1 aliphatic heterocycles. The number of morpholine rings is 1. The average Bonchev–Trinajstić information content (AvgIpc) is 2.98. The molecule has 14 heteroatoms. The normalized spacial score (nSPS) is 14.4. The van der Waals surface area contributed by atoms with Crippen molar-refractivity contribution in [1.29, 1.82) is 0 Å². The number of pyridine rings is 1. The Morgan fingerprint density at radius 3 is 2.47 bits per heavy atom. The van der Waals surface area contributed by atoms with Gasteiger partial charge in [0.05, 0.1) is 42.0 Å². The third-order valence-electron chi connectivity index (χ3n) is 6.64. The van der Waals surface area contributed by atoms with Crippen LogP contribution in [0.4, 0.5) is 23.2 Å². The topological polar surface area (TPSA) is 99.2 Å². The van der Waals surface area contributed by atoms with Crippen molar-refractivity contribution >= 4 is 26.6 Å². The summed E-state index contributed by atoms with van der Waals surface area (Å²) in [5, 5.41) is 0.493. The Morgan fingerprint density at radius 2 is 1.74 bits per heavy atom. The fraction of sp³-hybridized carbons (Fsp3) is 0.276. The number of aromatic nitrogens is 1. The molecule has 0 amide bonds. The lowest BCUT2D eigenvalue weighted by atomic mass is 10.1. The van der Waals surface area contributed by atoms with Crippen LogP contribution in [0.5, 0.6) is 23.0 Å². The number of hydrogen-bond donors (Lipinski definition) is 1. The number of nitrogens with one attached hydrogen (secondary N) is 1. The second-order valence-corrected chi connectivity index (χ2v) is 11.1. The van der Waals surface area contributed by atoms with Gasteiger partial charge in [-0.25, -0.2) is 12.8 Å². The number of fused-ring (bicyclic) bond motifs is 1. The summed E-state index contributed by atoms with van der Waals surface area (Å²) in [6.45, 7) is 4.15. The Bertz CT molecular complexity index is 1710. The van der Waals surface area contributed by atoms with Crippen molar-refractivity contribution in [2.45, 2.75) is 11.1 Å². The van der Waals surface area contributed by atoms with Crippen LogP contribution in [-0.4, -0.2) is 64.9 Å². The first-order valence-corrected chi connectivity index (χ1v) is 14.6. The smallest absolute Gasteiger partial charge is 0.417 e. The van der Waals surface area contributed by atoms with Gasteiger partial charge in [0.15, 0.2) is 23.1 Å². The second kappa shape index (κ2) is 12.6. The zero-order valence-electron chi connectivity index (χ0n) is 22.9. The van der Waals surface area contributed by atoms with Gasteiger partial charge >= 0.3 is 6.18 Å². The molecule has 3 aromatic carbocycles. The van der Waals surface area contributed by atoms with Crippen LogP contribution in [-0.2, 0) is 20.9 Å². The van der Waals surface area contributed by atoms with Gasteiger partial charge in [-0.2, -0.15) is 13.2 Å². The summed E-state index contributed by atoms with van der Waals surface area (Å²) in [7, 11) is -3.20. The SMILES string of the molecule is COc1cc2c(Oc3ccc(NS(=O)(=O)c4ccccc4C(F)(F)F)cc3F)ccnc2cc1OCCN1CCOCC1. The molecule has 5 rings (SSSR count). The zero-order chi connectivity index (χ0) is 30.6. The standard InChI is InChI=1S/C29H27F4N3O6S/c1-39-26-17-20-23(18-27(26)41-15-12-36-10-13-40-14-11-36)34-9-8-24(20)42-25-7-6-19(16-22(25)30)35-43(37,38)28-5-3-2-4-21(28)29(31,32)33/h2-9,16-18,35H,10-15H2,1H3. The van der Waals surface area contributed by atoms with E-state index < -0.39 is 32.5 Å². The molecule has 1 fully saturated rings. The van der Waals surface area contributed by atoms with Crippen molar-refractivity contribution in [3.63, 3.8) is 0 Å². The van der Waals surface area contributed by atoms with E-state index in [2.05, 4.69) is 9.88 Å². The number of alkyl halides is 3. The summed E-state index contributed by atoms with van der Waals surface area (Å²) >= 11 is 0. The lowest BCUT2D eigenvalue weighted by Crippen LogP contribution is -2.38. The van der Waals surface area contributed by atoms with Crippen molar-refractivity contribution in [2.75, 3.05) is 51.3 Å². The maximum atomic E-state index is 15.1. The fourth-order valence-corrected chi connectivity index (χ4v) is 5.79. The Hall–Kier alpha value is -4.14. The molecule has 0 bridgehead atoms. The Morgan fingerprint density at radius 1 is 0.977 bits per heavy atom. The molecule has 1 saturated heterocycles. The van der Waals surface area contributed by atoms with Crippen molar-refractivity contribution in [3.8, 4) is 23.0 Å². The number of ether oxygens (including phenoxy) is 4. The highest BCUT2D eigenvalue weighted by molar-refractivity contribution is 7.92. The van der Waals surface area contributed by atoms with E-state index in [1.54, 1.807) is 12.1 Å². The highest BCUT2D eigenvalue weighted by Crippen LogP contribution is 2.38. The predicted octanol–water partition coefficient (Wildman–Crippen LogP) is 5.71. The van der Waals surface area contributed by atoms with E-state index in [4.69, 9.17) is 18.9 Å². The molecular formula is C29H27F4N3O6S. The van der Waals surface area contributed by atoms with Crippen LogP contribution in [0.2, 0.25) is 0 Å². The zero-order valence-corrected chi connectivity index (χ0v) is 23.7. The van der Waals surface area contributed by atoms with E-state index in [9.17, 15) is 21.6 Å². The summed E-state index contributed by atoms with van der Waals surface area (Å²) in [5.74, 6) is -0.0886. The molecule has 1 N–H and O–H groups in total. The fourth-order valence-electron chi connectivity index (χ4n) is 4.51. The van der Waals surface area contributed by atoms with Gasteiger partial charge in [0.25, 0.3) is 10.0 Å². The largest absolute Gasteiger partial charge is 0.493 e. The number of nitrogens with zero attached hydrogens (tertiary/aromatic N) is 2. The first-order chi connectivity index (χ1) is 20.5. The van der Waals surface area contributed by atoms with Crippen LogP contribution in [0, 0.1) is 5.82 Å². The maximum absolute atomic E-state index is 15.1. The van der Waals surface area contributed by atoms with Gasteiger partial charge in [0.2, 0.25) is 0 Å². The summed E-state index contributed by atoms with van der Waals surface area (Å²) in [6, 6.07) is 11.7. The second-order valence-electron chi connectivity index (χ2n) is 9.48. The Kier molecular flexibility index (Phi) is 8.89. The number of sulfonamides is 1. The lowest BCUT2D eigenvalue weighted by Gasteiger charge is -2.26. The van der Waals surface area contributed by atoms with E-state index in [0.717, 1.165) is 43.4 Å². The van der Waals surface area contributed by atoms with E-state index in [0.29, 0.717) is 54.8 Å². The Balaban J connectivity index is 1.34. The summed E-state index contributed by atoms with van der Waals surface area (Å²) in [6.07, 6.45) is -3.43. The molecule has 0 radical (unpaired) electrons. The van der Waals surface area contributed by atoms with Gasteiger partial charge in [-0.3, -0.25) is 14.6 Å². The van der Waals surface area contributed by atoms with Crippen LogP contribution in [0.1, 0.15) is 5.56 Å². The maximum Gasteiger partial charge on any atom is 0.417 e. The molecule has 9 nitrogen and oxygen atoms in total. The summed E-state index contributed by atoms with van der Waals surface area (Å²) in [5.41, 5.74) is -1.14. The first-order valence-electron chi connectivity index (χ1n) is 13.1. The quantitative estimate of drug-likeness (QED) is 0.225. The summed E-state index contributed by atoms with van der Waals surface area (Å²) < 4.78 is 105. The molecule has 1 aromatic heterocycles. The third kappa shape index (κ3) is 7.09. The first kappa shape index (κ1) is 30.3. The van der Waals surface area contributed by atoms with E-state index in [1.165, 1.54) is 25.4 Å². The van der Waals surface area contributed by atoms with Gasteiger partial charge in [-0.05, 0) is 36.4 Å². The van der Waals surface area contributed by atoms with E-state index in [-0.39, 0.29) is 17.2 Å². The Labute approximate surface area is 245 Å². The van der Waals surface area contributed by atoms with E-state index in [1.807, 2.05) is 4.72 Å². The number of benzene rings is 3. The lowest BCUT2D eigenvalue weighted by molar-refractivity contribution is -0.139. The molecule has 0 spiro atoms. The molecule has 43 heavy (non-hydrogen) atoms. The van der Waals surface area contributed by atoms with Gasteiger partial charge in [-0.15, -0.1) is 0 Å². The molecule has 0 atom stereocenters. The van der Waals surface area contributed by atoms with Gasteiger partial charge in [0.1, 0.15) is 12.4 Å². The summed E-state index contributed by atoms with van der Waals surface area (Å²) in [4.78, 5) is 5.60. The molecule has 1 aliphatic rings. The molecule has 4 aromatic rings. The van der Waals surface area contributed by atoms with Crippen LogP contribution in [0.15, 0.2) is 71.8 Å². The minimum Gasteiger partial charge on any atom is -0.493 e. The number of anilines is 1. The van der Waals surface area contributed by atoms with Crippen molar-refractivity contribution in [1.82, 2.24) is 9.88 Å². The minimum absolute atomic E-state index is 0.231. The molecule has 2 heterocycles. The van der Waals surface area contributed by atoms with Crippen molar-refractivity contribution in [2.24, 2.45) is 0 Å². The monoisotopic (exact) mass is 621 g/mol. The highest BCUT2D eigenvalue weighted by Gasteiger charge is 2.37. The van der Waals surface area contributed by atoms with Crippen LogP contribution in [0.3, 0.4) is 0 Å². The number of methoxy groups -OCH3 is 1.